The number of aryl methyl sites for hydroxylation is 1. The van der Waals surface area contributed by atoms with Gasteiger partial charge in [-0.15, -0.1) is 0 Å². The molecule has 1 aromatic carbocycles. The SMILES string of the molecule is Cc1ccc([CH]O)cc1C1CC1. The molecule has 1 N–H and O–H groups in total. The van der Waals surface area contributed by atoms with Crippen LogP contribution >= 0.6 is 0 Å². The number of aliphatic hydroxyl groups excluding tert-OH is 1. The summed E-state index contributed by atoms with van der Waals surface area (Å²) in [4.78, 5) is 0. The summed E-state index contributed by atoms with van der Waals surface area (Å²) in [5.74, 6) is 0.768. The topological polar surface area (TPSA) is 20.2 Å². The summed E-state index contributed by atoms with van der Waals surface area (Å²) in [6, 6.07) is 6.11. The van der Waals surface area contributed by atoms with Gasteiger partial charge in [0, 0.05) is 0 Å². The Morgan fingerprint density at radius 3 is 2.75 bits per heavy atom. The maximum Gasteiger partial charge on any atom is 0.109 e. The lowest BCUT2D eigenvalue weighted by Gasteiger charge is -2.05. The third kappa shape index (κ3) is 1.37. The molecule has 63 valence electrons. The highest BCUT2D eigenvalue weighted by molar-refractivity contribution is 5.37. The molecule has 0 unspecified atom stereocenters. The highest BCUT2D eigenvalue weighted by Crippen LogP contribution is 2.41. The molecule has 1 aliphatic carbocycles. The minimum Gasteiger partial charge on any atom is -0.385 e. The van der Waals surface area contributed by atoms with Crippen molar-refractivity contribution in [3.63, 3.8) is 0 Å². The summed E-state index contributed by atoms with van der Waals surface area (Å²) in [6.07, 6.45) is 2.63. The molecule has 12 heavy (non-hydrogen) atoms. The van der Waals surface area contributed by atoms with Gasteiger partial charge in [-0.25, -0.2) is 0 Å². The zero-order chi connectivity index (χ0) is 8.55. The highest BCUT2D eigenvalue weighted by atomic mass is 16.3. The molecular formula is C11H13O. The van der Waals surface area contributed by atoms with Crippen LogP contribution < -0.4 is 0 Å². The number of hydrogen-bond donors (Lipinski definition) is 1. The van der Waals surface area contributed by atoms with Gasteiger partial charge in [-0.2, -0.15) is 0 Å². The van der Waals surface area contributed by atoms with Gasteiger partial charge >= 0.3 is 0 Å². The molecule has 0 aliphatic heterocycles. The molecule has 1 aliphatic rings. The first-order chi connectivity index (χ1) is 5.81. The molecule has 1 fully saturated rings. The van der Waals surface area contributed by atoms with Crippen molar-refractivity contribution in [1.82, 2.24) is 0 Å². The summed E-state index contributed by atoms with van der Waals surface area (Å²) < 4.78 is 0. The highest BCUT2D eigenvalue weighted by Gasteiger charge is 2.24. The molecule has 1 saturated carbocycles. The van der Waals surface area contributed by atoms with Crippen molar-refractivity contribution in [1.29, 1.82) is 0 Å². The predicted octanol–water partition coefficient (Wildman–Crippen LogP) is 2.75. The second-order valence-corrected chi connectivity index (χ2v) is 3.52. The van der Waals surface area contributed by atoms with E-state index in [0.717, 1.165) is 11.5 Å². The molecule has 1 nitrogen and oxygen atoms in total. The van der Waals surface area contributed by atoms with Gasteiger partial charge in [-0.3, -0.25) is 0 Å². The standard InChI is InChI=1S/C11H13O/c1-8-2-3-9(7-12)6-11(8)10-4-5-10/h2-3,6-7,10,12H,4-5H2,1H3. The smallest absolute Gasteiger partial charge is 0.109 e. The van der Waals surface area contributed by atoms with Crippen LogP contribution in [0.2, 0.25) is 0 Å². The van der Waals surface area contributed by atoms with E-state index in [0.29, 0.717) is 0 Å². The fourth-order valence-corrected chi connectivity index (χ4v) is 1.57. The fraction of sp³-hybridized carbons (Fsp3) is 0.364. The second kappa shape index (κ2) is 2.91. The van der Waals surface area contributed by atoms with E-state index in [9.17, 15) is 0 Å². The molecule has 0 atom stereocenters. The average Bonchev–Trinajstić information content (AvgIpc) is 2.88. The van der Waals surface area contributed by atoms with Crippen LogP contribution in [0.3, 0.4) is 0 Å². The Morgan fingerprint density at radius 2 is 2.17 bits per heavy atom. The summed E-state index contributed by atoms with van der Waals surface area (Å²) in [5.41, 5.74) is 3.68. The lowest BCUT2D eigenvalue weighted by atomic mass is 10.0. The third-order valence-electron chi connectivity index (χ3n) is 2.47. The first-order valence-corrected chi connectivity index (χ1v) is 4.39. The Bertz CT molecular complexity index is 287. The van der Waals surface area contributed by atoms with E-state index < -0.39 is 0 Å². The molecule has 0 heterocycles. The van der Waals surface area contributed by atoms with E-state index in [2.05, 4.69) is 19.1 Å². The van der Waals surface area contributed by atoms with Crippen molar-refractivity contribution in [3.8, 4) is 0 Å². The quantitative estimate of drug-likeness (QED) is 0.707. The van der Waals surface area contributed by atoms with Crippen LogP contribution in [0.15, 0.2) is 18.2 Å². The van der Waals surface area contributed by atoms with Gasteiger partial charge < -0.3 is 5.11 Å². The largest absolute Gasteiger partial charge is 0.385 e. The van der Waals surface area contributed by atoms with Crippen LogP contribution in [-0.4, -0.2) is 5.11 Å². The Balaban J connectivity index is 2.36. The summed E-state index contributed by atoms with van der Waals surface area (Å²) in [7, 11) is 0. The maximum atomic E-state index is 8.83. The van der Waals surface area contributed by atoms with Gasteiger partial charge in [0.2, 0.25) is 0 Å². The van der Waals surface area contributed by atoms with Crippen LogP contribution in [0.1, 0.15) is 35.4 Å². The Morgan fingerprint density at radius 1 is 1.42 bits per heavy atom. The average molecular weight is 161 g/mol. The molecule has 0 bridgehead atoms. The van der Waals surface area contributed by atoms with Crippen LogP contribution in [-0.2, 0) is 0 Å². The zero-order valence-corrected chi connectivity index (χ0v) is 7.25. The Kier molecular flexibility index (Phi) is 1.89. The van der Waals surface area contributed by atoms with Gasteiger partial charge in [0.15, 0.2) is 0 Å². The van der Waals surface area contributed by atoms with E-state index in [-0.39, 0.29) is 0 Å². The van der Waals surface area contributed by atoms with Gasteiger partial charge in [-0.1, -0.05) is 18.2 Å². The van der Waals surface area contributed by atoms with Gasteiger partial charge in [0.05, 0.1) is 0 Å². The van der Waals surface area contributed by atoms with Crippen molar-refractivity contribution in [2.24, 2.45) is 0 Å². The Labute approximate surface area is 73.0 Å². The van der Waals surface area contributed by atoms with Crippen molar-refractivity contribution >= 4 is 0 Å². The van der Waals surface area contributed by atoms with Crippen molar-refractivity contribution in [3.05, 3.63) is 41.5 Å². The fourth-order valence-electron chi connectivity index (χ4n) is 1.57. The zero-order valence-electron chi connectivity index (χ0n) is 7.25. The van der Waals surface area contributed by atoms with Gasteiger partial charge in [0.25, 0.3) is 0 Å². The predicted molar refractivity (Wildman–Crippen MR) is 48.5 cm³/mol. The molecule has 0 aromatic heterocycles. The summed E-state index contributed by atoms with van der Waals surface area (Å²) >= 11 is 0. The summed E-state index contributed by atoms with van der Waals surface area (Å²) in [5, 5.41) is 8.83. The van der Waals surface area contributed by atoms with Crippen LogP contribution in [0.4, 0.5) is 0 Å². The van der Waals surface area contributed by atoms with E-state index in [1.165, 1.54) is 30.6 Å². The maximum absolute atomic E-state index is 8.83. The number of hydrogen-bond acceptors (Lipinski definition) is 1. The molecule has 0 spiro atoms. The van der Waals surface area contributed by atoms with Crippen molar-refractivity contribution in [2.45, 2.75) is 25.7 Å². The van der Waals surface area contributed by atoms with Crippen molar-refractivity contribution in [2.75, 3.05) is 0 Å². The first kappa shape index (κ1) is 7.81. The number of benzene rings is 1. The molecule has 1 heteroatoms. The lowest BCUT2D eigenvalue weighted by Crippen LogP contribution is -1.88. The van der Waals surface area contributed by atoms with E-state index >= 15 is 0 Å². The van der Waals surface area contributed by atoms with Gasteiger partial charge in [-0.05, 0) is 42.4 Å². The lowest BCUT2D eigenvalue weighted by molar-refractivity contribution is 0.415. The minimum atomic E-state index is 0.768. The first-order valence-electron chi connectivity index (χ1n) is 4.39. The normalized spacial score (nSPS) is 16.5. The molecule has 2 rings (SSSR count). The monoisotopic (exact) mass is 161 g/mol. The third-order valence-corrected chi connectivity index (χ3v) is 2.47. The molecule has 1 aromatic rings. The van der Waals surface area contributed by atoms with E-state index in [1.54, 1.807) is 0 Å². The minimum absolute atomic E-state index is 0.768. The van der Waals surface area contributed by atoms with E-state index in [4.69, 9.17) is 5.11 Å². The van der Waals surface area contributed by atoms with Crippen molar-refractivity contribution < 1.29 is 5.11 Å². The van der Waals surface area contributed by atoms with Gasteiger partial charge in [0.1, 0.15) is 6.61 Å². The summed E-state index contributed by atoms with van der Waals surface area (Å²) in [6.45, 7) is 3.31. The molecule has 1 radical (unpaired) electrons. The van der Waals surface area contributed by atoms with Crippen LogP contribution in [0.5, 0.6) is 0 Å². The van der Waals surface area contributed by atoms with Crippen LogP contribution in [0.25, 0.3) is 0 Å². The molecule has 0 saturated heterocycles. The van der Waals surface area contributed by atoms with Crippen LogP contribution in [0, 0.1) is 13.5 Å². The second-order valence-electron chi connectivity index (χ2n) is 3.52. The Hall–Kier alpha value is -0.820. The number of rotatable bonds is 2. The van der Waals surface area contributed by atoms with E-state index in [1.807, 2.05) is 6.07 Å². The number of aliphatic hydroxyl groups is 1. The molecular weight excluding hydrogens is 148 g/mol. The molecule has 0 amide bonds.